The molecule has 3 N–H and O–H groups in total. The van der Waals surface area contributed by atoms with Gasteiger partial charge in [-0.2, -0.15) is 11.8 Å². The Hall–Kier alpha value is -2.67. The normalized spacial score (nSPS) is 15.7. The molecule has 0 saturated heterocycles. The number of amides is 1. The van der Waals surface area contributed by atoms with Crippen molar-refractivity contribution in [2.45, 2.75) is 11.8 Å². The summed E-state index contributed by atoms with van der Waals surface area (Å²) < 4.78 is 5.13. The summed E-state index contributed by atoms with van der Waals surface area (Å²) in [7, 11) is 1.63. The van der Waals surface area contributed by atoms with Gasteiger partial charge in [-0.25, -0.2) is 4.79 Å². The minimum Gasteiger partial charge on any atom is -0.497 e. The first-order chi connectivity index (χ1) is 12.1. The van der Waals surface area contributed by atoms with Crippen molar-refractivity contribution in [3.63, 3.8) is 0 Å². The first kappa shape index (κ1) is 17.2. The number of carbonyl (C=O) groups is 2. The van der Waals surface area contributed by atoms with Crippen LogP contribution in [0.5, 0.6) is 5.75 Å². The number of benzene rings is 2. The lowest BCUT2D eigenvalue weighted by molar-refractivity contribution is -0.116. The van der Waals surface area contributed by atoms with E-state index >= 15 is 0 Å². The number of nitrogens with one attached hydrogen (secondary N) is 2. The van der Waals surface area contributed by atoms with Crippen LogP contribution >= 0.6 is 11.8 Å². The second kappa shape index (κ2) is 7.48. The molecule has 1 aliphatic heterocycles. The van der Waals surface area contributed by atoms with E-state index in [1.54, 1.807) is 24.9 Å². The second-order valence-electron chi connectivity index (χ2n) is 5.61. The molecular weight excluding hydrogens is 340 g/mol. The number of hydrogen-bond acceptors (Lipinski definition) is 5. The number of rotatable bonds is 6. The van der Waals surface area contributed by atoms with Crippen LogP contribution in [0, 0.1) is 0 Å². The molecule has 0 aromatic heterocycles. The summed E-state index contributed by atoms with van der Waals surface area (Å²) >= 11 is 1.65. The number of aromatic carboxylic acids is 1. The maximum absolute atomic E-state index is 12.2. The van der Waals surface area contributed by atoms with Gasteiger partial charge in [0.2, 0.25) is 5.91 Å². The number of hydrogen-bond donors (Lipinski definition) is 3. The van der Waals surface area contributed by atoms with Crippen LogP contribution in [0.3, 0.4) is 0 Å². The Kier molecular flexibility index (Phi) is 5.14. The Balaban J connectivity index is 1.58. The molecule has 1 amide bonds. The minimum atomic E-state index is -1.02. The van der Waals surface area contributed by atoms with Crippen molar-refractivity contribution >= 4 is 35.0 Å². The largest absolute Gasteiger partial charge is 0.497 e. The molecule has 0 saturated carbocycles. The van der Waals surface area contributed by atoms with E-state index in [0.717, 1.165) is 22.8 Å². The van der Waals surface area contributed by atoms with Crippen LogP contribution in [0.4, 0.5) is 11.4 Å². The highest BCUT2D eigenvalue weighted by atomic mass is 32.2. The van der Waals surface area contributed by atoms with E-state index in [1.165, 1.54) is 12.1 Å². The lowest BCUT2D eigenvalue weighted by atomic mass is 10.1. The van der Waals surface area contributed by atoms with Gasteiger partial charge in [-0.15, -0.1) is 0 Å². The Labute approximate surface area is 149 Å². The maximum atomic E-state index is 12.2. The van der Waals surface area contributed by atoms with E-state index in [2.05, 4.69) is 10.6 Å². The van der Waals surface area contributed by atoms with Gasteiger partial charge in [-0.1, -0.05) is 12.1 Å². The predicted octanol–water partition coefficient (Wildman–Crippen LogP) is 3.06. The second-order valence-corrected chi connectivity index (χ2v) is 6.65. The molecule has 130 valence electrons. The van der Waals surface area contributed by atoms with Crippen molar-refractivity contribution in [2.75, 3.05) is 23.5 Å². The molecule has 0 radical (unpaired) electrons. The van der Waals surface area contributed by atoms with Crippen molar-refractivity contribution < 1.29 is 19.4 Å². The van der Waals surface area contributed by atoms with Crippen LogP contribution in [0.1, 0.15) is 15.9 Å². The Morgan fingerprint density at radius 1 is 1.20 bits per heavy atom. The van der Waals surface area contributed by atoms with Gasteiger partial charge in [0.25, 0.3) is 0 Å². The maximum Gasteiger partial charge on any atom is 0.335 e. The molecule has 7 heteroatoms. The number of carboxylic acid groups (broad SMARTS) is 1. The van der Waals surface area contributed by atoms with Gasteiger partial charge in [0.05, 0.1) is 24.0 Å². The van der Waals surface area contributed by atoms with E-state index in [4.69, 9.17) is 9.84 Å². The monoisotopic (exact) mass is 358 g/mol. The Morgan fingerprint density at radius 2 is 1.96 bits per heavy atom. The predicted molar refractivity (Wildman–Crippen MR) is 98.6 cm³/mol. The van der Waals surface area contributed by atoms with E-state index in [1.807, 2.05) is 24.3 Å². The fourth-order valence-corrected chi connectivity index (χ4v) is 3.53. The van der Waals surface area contributed by atoms with Crippen molar-refractivity contribution in [3.05, 3.63) is 53.6 Å². The molecule has 25 heavy (non-hydrogen) atoms. The first-order valence-electron chi connectivity index (χ1n) is 7.72. The smallest absolute Gasteiger partial charge is 0.335 e. The van der Waals surface area contributed by atoms with Gasteiger partial charge in [0.1, 0.15) is 11.8 Å². The Morgan fingerprint density at radius 3 is 2.64 bits per heavy atom. The quantitative estimate of drug-likeness (QED) is 0.736. The molecule has 0 aliphatic carbocycles. The molecule has 3 rings (SSSR count). The minimum absolute atomic E-state index is 0.146. The van der Waals surface area contributed by atoms with Gasteiger partial charge < -0.3 is 20.5 Å². The highest BCUT2D eigenvalue weighted by Gasteiger charge is 2.25. The number of methoxy groups -OCH3 is 1. The van der Waals surface area contributed by atoms with Crippen LogP contribution in [-0.2, 0) is 10.5 Å². The molecule has 2 aromatic rings. The standard InChI is InChI=1S/C18H18N2O4S/c1-24-13-5-2-11(3-6-13)9-25-10-16-17(21)20-15-8-12(18(22)23)4-7-14(15)19-16/h2-8,16,19H,9-10H2,1H3,(H,20,21)(H,22,23). The molecular formula is C18H18N2O4S. The van der Waals surface area contributed by atoms with E-state index < -0.39 is 5.97 Å². The number of carboxylic acids is 1. The molecule has 6 nitrogen and oxygen atoms in total. The molecule has 0 bridgehead atoms. The molecule has 1 aliphatic rings. The van der Waals surface area contributed by atoms with Crippen LogP contribution in [-0.4, -0.2) is 35.9 Å². The first-order valence-corrected chi connectivity index (χ1v) is 8.87. The van der Waals surface area contributed by atoms with Crippen molar-refractivity contribution in [1.29, 1.82) is 0 Å². The average Bonchev–Trinajstić information content (AvgIpc) is 2.62. The SMILES string of the molecule is COc1ccc(CSCC2Nc3ccc(C(=O)O)cc3NC2=O)cc1. The number of carbonyl (C=O) groups excluding carboxylic acids is 1. The van der Waals surface area contributed by atoms with Crippen LogP contribution in [0.2, 0.25) is 0 Å². The van der Waals surface area contributed by atoms with Gasteiger partial charge in [-0.3, -0.25) is 4.79 Å². The van der Waals surface area contributed by atoms with Crippen LogP contribution in [0.25, 0.3) is 0 Å². The summed E-state index contributed by atoms with van der Waals surface area (Å²) in [5.74, 6) is 1.05. The number of anilines is 2. The van der Waals surface area contributed by atoms with Gasteiger partial charge in [-0.05, 0) is 35.9 Å². The van der Waals surface area contributed by atoms with E-state index in [9.17, 15) is 9.59 Å². The zero-order valence-corrected chi connectivity index (χ0v) is 14.4. The molecule has 2 aromatic carbocycles. The van der Waals surface area contributed by atoms with Gasteiger partial charge >= 0.3 is 5.97 Å². The number of fused-ring (bicyclic) bond motifs is 1. The summed E-state index contributed by atoms with van der Waals surface area (Å²) in [4.78, 5) is 23.2. The molecule has 1 unspecified atom stereocenters. The third-order valence-electron chi connectivity index (χ3n) is 3.88. The fraction of sp³-hybridized carbons (Fsp3) is 0.222. The highest BCUT2D eigenvalue weighted by molar-refractivity contribution is 7.98. The zero-order chi connectivity index (χ0) is 17.8. The summed E-state index contributed by atoms with van der Waals surface area (Å²) in [6.45, 7) is 0. The zero-order valence-electron chi connectivity index (χ0n) is 13.6. The number of thioether (sulfide) groups is 1. The molecule has 1 heterocycles. The Bertz CT molecular complexity index is 792. The fourth-order valence-electron chi connectivity index (χ4n) is 2.51. The lowest BCUT2D eigenvalue weighted by Crippen LogP contribution is -2.40. The van der Waals surface area contributed by atoms with Crippen molar-refractivity contribution in [3.8, 4) is 5.75 Å². The summed E-state index contributed by atoms with van der Waals surface area (Å²) in [5, 5.41) is 15.0. The van der Waals surface area contributed by atoms with Crippen LogP contribution < -0.4 is 15.4 Å². The van der Waals surface area contributed by atoms with E-state index in [0.29, 0.717) is 11.4 Å². The number of ether oxygens (including phenoxy) is 1. The third-order valence-corrected chi connectivity index (χ3v) is 4.99. The van der Waals surface area contributed by atoms with Crippen LogP contribution in [0.15, 0.2) is 42.5 Å². The summed E-state index contributed by atoms with van der Waals surface area (Å²) in [5.41, 5.74) is 2.54. The van der Waals surface area contributed by atoms with Gasteiger partial charge in [0.15, 0.2) is 0 Å². The molecule has 1 atom stereocenters. The average molecular weight is 358 g/mol. The summed E-state index contributed by atoms with van der Waals surface area (Å²) in [6.07, 6.45) is 0. The van der Waals surface area contributed by atoms with E-state index in [-0.39, 0.29) is 17.5 Å². The molecule has 0 spiro atoms. The summed E-state index contributed by atoms with van der Waals surface area (Å²) in [6, 6.07) is 12.1. The third kappa shape index (κ3) is 4.06. The lowest BCUT2D eigenvalue weighted by Gasteiger charge is -2.26. The highest BCUT2D eigenvalue weighted by Crippen LogP contribution is 2.29. The van der Waals surface area contributed by atoms with Crippen molar-refractivity contribution in [1.82, 2.24) is 0 Å². The van der Waals surface area contributed by atoms with Crippen molar-refractivity contribution in [2.24, 2.45) is 0 Å². The molecule has 0 fully saturated rings. The van der Waals surface area contributed by atoms with Gasteiger partial charge in [0, 0.05) is 11.5 Å². The topological polar surface area (TPSA) is 87.7 Å².